The van der Waals surface area contributed by atoms with Crippen molar-refractivity contribution in [1.82, 2.24) is 14.6 Å². The molecule has 2 aromatic carbocycles. The molecule has 0 aliphatic carbocycles. The first kappa shape index (κ1) is 20.6. The Bertz CT molecular complexity index is 1560. The van der Waals surface area contributed by atoms with Gasteiger partial charge in [0.1, 0.15) is 4.53 Å². The van der Waals surface area contributed by atoms with Crippen LogP contribution in [-0.4, -0.2) is 47.2 Å². The molecular formula is C22H15N4O6S-. The molecule has 0 atom stereocenters. The number of aromatic nitrogens is 3. The number of fused-ring (bicyclic) bond motifs is 2. The fraction of sp³-hybridized carbons (Fsp3) is 0.136. The molecule has 0 N–H and O–H groups in total. The Balaban J connectivity index is 1.66. The lowest BCUT2D eigenvalue weighted by atomic mass is 10.1. The van der Waals surface area contributed by atoms with Gasteiger partial charge in [0.2, 0.25) is 4.96 Å². The molecule has 3 heterocycles. The molecular weight excluding hydrogens is 448 g/mol. The standard InChI is InChI=1S/C22H16N4O6S/c1-31-14-8-7-11(9-15(14)32-2)19-23-22-26(24-19)21(30)18(33-22)17-12-5-3-4-6-13(12)25(20(17)29)10-16(27)28/h3-9H,10H2,1-2H3,(H,27,28)/p-1/b18-17-. The lowest BCUT2D eigenvalue weighted by molar-refractivity contribution is -0.303. The highest BCUT2D eigenvalue weighted by Crippen LogP contribution is 2.35. The molecule has 0 saturated carbocycles. The van der Waals surface area contributed by atoms with Gasteiger partial charge in [-0.1, -0.05) is 29.5 Å². The third-order valence-electron chi connectivity index (χ3n) is 5.24. The summed E-state index contributed by atoms with van der Waals surface area (Å²) in [7, 11) is 3.04. The van der Waals surface area contributed by atoms with Crippen molar-refractivity contribution in [1.29, 1.82) is 0 Å². The summed E-state index contributed by atoms with van der Waals surface area (Å²) in [4.78, 5) is 43.2. The van der Waals surface area contributed by atoms with Crippen LogP contribution in [0, 0.1) is 0 Å². The van der Waals surface area contributed by atoms with E-state index in [0.29, 0.717) is 39.1 Å². The van der Waals surface area contributed by atoms with Crippen LogP contribution >= 0.6 is 11.3 Å². The predicted molar refractivity (Wildman–Crippen MR) is 117 cm³/mol. The first-order valence-corrected chi connectivity index (χ1v) is 10.5. The first-order chi connectivity index (χ1) is 15.9. The van der Waals surface area contributed by atoms with E-state index in [2.05, 4.69) is 10.1 Å². The molecule has 0 radical (unpaired) electrons. The highest BCUT2D eigenvalue weighted by atomic mass is 32.1. The van der Waals surface area contributed by atoms with Crippen LogP contribution in [0.2, 0.25) is 0 Å². The third kappa shape index (κ3) is 3.21. The van der Waals surface area contributed by atoms with Gasteiger partial charge in [-0.3, -0.25) is 9.59 Å². The smallest absolute Gasteiger partial charge is 0.291 e. The lowest BCUT2D eigenvalue weighted by Gasteiger charge is -2.17. The second-order valence-corrected chi connectivity index (χ2v) is 8.07. The Labute approximate surface area is 189 Å². The van der Waals surface area contributed by atoms with E-state index in [0.717, 1.165) is 20.8 Å². The number of carbonyl (C=O) groups is 2. The Kier molecular flexibility index (Phi) is 4.82. The van der Waals surface area contributed by atoms with Crippen molar-refractivity contribution in [2.45, 2.75) is 0 Å². The number of rotatable bonds is 5. The zero-order valence-electron chi connectivity index (χ0n) is 17.4. The second-order valence-electron chi connectivity index (χ2n) is 7.09. The van der Waals surface area contributed by atoms with Crippen molar-refractivity contribution in [3.63, 3.8) is 0 Å². The van der Waals surface area contributed by atoms with Crippen molar-refractivity contribution in [3.8, 4) is 22.9 Å². The number of carbonyl (C=O) groups excluding carboxylic acids is 2. The normalized spacial score (nSPS) is 14.6. The van der Waals surface area contributed by atoms with E-state index in [4.69, 9.17) is 9.47 Å². The number of hydrogen-bond acceptors (Lipinski definition) is 9. The van der Waals surface area contributed by atoms with Crippen LogP contribution in [-0.2, 0) is 9.59 Å². The summed E-state index contributed by atoms with van der Waals surface area (Å²) < 4.78 is 11.8. The van der Waals surface area contributed by atoms with Gasteiger partial charge in [0.05, 0.1) is 38.0 Å². The van der Waals surface area contributed by atoms with Crippen molar-refractivity contribution in [3.05, 3.63) is 62.9 Å². The minimum Gasteiger partial charge on any atom is -0.548 e. The molecule has 2 aromatic heterocycles. The molecule has 1 aliphatic rings. The fourth-order valence-corrected chi connectivity index (χ4v) is 4.77. The number of aliphatic carboxylic acids is 1. The summed E-state index contributed by atoms with van der Waals surface area (Å²) in [5.74, 6) is -0.628. The molecule has 0 spiro atoms. The van der Waals surface area contributed by atoms with Gasteiger partial charge in [0, 0.05) is 11.1 Å². The predicted octanol–water partition coefficient (Wildman–Crippen LogP) is -0.150. The zero-order valence-corrected chi connectivity index (χ0v) is 18.2. The van der Waals surface area contributed by atoms with Crippen LogP contribution in [0.5, 0.6) is 11.5 Å². The maximum absolute atomic E-state index is 13.2. The topological polar surface area (TPSA) is 126 Å². The fourth-order valence-electron chi connectivity index (χ4n) is 3.77. The van der Waals surface area contributed by atoms with Crippen LogP contribution in [0.1, 0.15) is 5.56 Å². The first-order valence-electron chi connectivity index (χ1n) is 9.70. The van der Waals surface area contributed by atoms with Gasteiger partial charge in [-0.2, -0.15) is 9.50 Å². The minimum atomic E-state index is -1.40. The number of methoxy groups -OCH3 is 2. The van der Waals surface area contributed by atoms with Crippen LogP contribution < -0.4 is 29.6 Å². The summed E-state index contributed by atoms with van der Waals surface area (Å²) >= 11 is 1.02. The largest absolute Gasteiger partial charge is 0.548 e. The quantitative estimate of drug-likeness (QED) is 0.400. The Morgan fingerprint density at radius 2 is 1.85 bits per heavy atom. The molecule has 10 nitrogen and oxygen atoms in total. The lowest BCUT2D eigenvalue weighted by Crippen LogP contribution is -2.40. The number of anilines is 1. The second kappa shape index (κ2) is 7.71. The summed E-state index contributed by atoms with van der Waals surface area (Å²) in [6.45, 7) is -0.613. The van der Waals surface area contributed by atoms with E-state index in [-0.39, 0.29) is 10.1 Å². The summed E-state index contributed by atoms with van der Waals surface area (Å²) in [6, 6.07) is 11.9. The molecule has 4 aromatic rings. The van der Waals surface area contributed by atoms with Gasteiger partial charge in [0.25, 0.3) is 11.5 Å². The summed E-state index contributed by atoms with van der Waals surface area (Å²) in [5, 5.41) is 15.5. The average molecular weight is 463 g/mol. The Morgan fingerprint density at radius 1 is 1.09 bits per heavy atom. The molecule has 33 heavy (non-hydrogen) atoms. The van der Waals surface area contributed by atoms with E-state index >= 15 is 0 Å². The van der Waals surface area contributed by atoms with E-state index in [9.17, 15) is 19.5 Å². The SMILES string of the molecule is COc1ccc(-c2nc3s/c(=C4\C(=O)N(CC(=O)[O-])c5ccccc54)c(=O)n3n2)cc1OC. The van der Waals surface area contributed by atoms with Gasteiger partial charge < -0.3 is 24.3 Å². The van der Waals surface area contributed by atoms with E-state index in [1.807, 2.05) is 0 Å². The third-order valence-corrected chi connectivity index (χ3v) is 6.27. The number of carboxylic acid groups (broad SMARTS) is 1. The number of hydrogen-bond donors (Lipinski definition) is 0. The molecule has 1 aliphatic heterocycles. The number of para-hydroxylation sites is 1. The van der Waals surface area contributed by atoms with Gasteiger partial charge in [0.15, 0.2) is 17.3 Å². The number of nitrogens with zero attached hydrogens (tertiary/aromatic N) is 4. The number of amides is 1. The monoisotopic (exact) mass is 463 g/mol. The maximum Gasteiger partial charge on any atom is 0.291 e. The minimum absolute atomic E-state index is 0.127. The van der Waals surface area contributed by atoms with Gasteiger partial charge in [-0.15, -0.1) is 5.10 Å². The van der Waals surface area contributed by atoms with Crippen LogP contribution in [0.15, 0.2) is 47.3 Å². The molecule has 0 saturated heterocycles. The number of carboxylic acids is 1. The Morgan fingerprint density at radius 3 is 2.55 bits per heavy atom. The summed E-state index contributed by atoms with van der Waals surface area (Å²) in [6.07, 6.45) is 0. The molecule has 0 unspecified atom stereocenters. The molecule has 1 amide bonds. The van der Waals surface area contributed by atoms with Gasteiger partial charge >= 0.3 is 0 Å². The number of benzene rings is 2. The van der Waals surface area contributed by atoms with Gasteiger partial charge in [-0.25, -0.2) is 0 Å². The summed E-state index contributed by atoms with van der Waals surface area (Å²) in [5.41, 5.74) is 1.13. The highest BCUT2D eigenvalue weighted by Gasteiger charge is 2.34. The van der Waals surface area contributed by atoms with E-state index < -0.39 is 24.0 Å². The van der Waals surface area contributed by atoms with Gasteiger partial charge in [-0.05, 0) is 24.3 Å². The van der Waals surface area contributed by atoms with E-state index in [1.165, 1.54) is 14.2 Å². The molecule has 11 heteroatoms. The van der Waals surface area contributed by atoms with E-state index in [1.54, 1.807) is 42.5 Å². The van der Waals surface area contributed by atoms with Crippen LogP contribution in [0.4, 0.5) is 5.69 Å². The molecule has 5 rings (SSSR count). The number of thiazole rings is 1. The average Bonchev–Trinajstić information content (AvgIpc) is 3.44. The molecule has 0 fully saturated rings. The van der Waals surface area contributed by atoms with Crippen molar-refractivity contribution in [2.24, 2.45) is 0 Å². The number of ether oxygens (including phenoxy) is 2. The maximum atomic E-state index is 13.2. The zero-order chi connectivity index (χ0) is 23.3. The van der Waals surface area contributed by atoms with Crippen LogP contribution in [0.25, 0.3) is 21.9 Å². The molecule has 166 valence electrons. The van der Waals surface area contributed by atoms with Crippen LogP contribution in [0.3, 0.4) is 0 Å². The molecule has 0 bridgehead atoms. The van der Waals surface area contributed by atoms with Crippen molar-refractivity contribution >= 4 is 39.4 Å². The van der Waals surface area contributed by atoms with Crippen molar-refractivity contribution < 1.29 is 24.2 Å². The Hall–Kier alpha value is -4.25. The highest BCUT2D eigenvalue weighted by molar-refractivity contribution is 7.15. The van der Waals surface area contributed by atoms with Crippen molar-refractivity contribution in [2.75, 3.05) is 25.7 Å².